The molecular weight excluding hydrogens is 140 g/mol. The number of hydrogen-bond acceptors (Lipinski definition) is 3. The van der Waals surface area contributed by atoms with E-state index in [2.05, 4.69) is 9.44 Å². The van der Waals surface area contributed by atoms with Crippen LogP contribution >= 0.6 is 12.1 Å². The molecule has 0 aromatic heterocycles. The first-order chi connectivity index (χ1) is 4.13. The number of nitrogens with one attached hydrogen (secondary N) is 2. The summed E-state index contributed by atoms with van der Waals surface area (Å²) in [6.07, 6.45) is 0. The number of carbonyl (C=O) groups is 2. The van der Waals surface area contributed by atoms with Gasteiger partial charge in [0, 0.05) is 13.8 Å². The average molecular weight is 148 g/mol. The Morgan fingerprint density at radius 1 is 1.11 bits per heavy atom. The van der Waals surface area contributed by atoms with E-state index in [0.29, 0.717) is 0 Å². The van der Waals surface area contributed by atoms with E-state index >= 15 is 0 Å². The zero-order valence-electron chi connectivity index (χ0n) is 5.22. The molecule has 0 spiro atoms. The van der Waals surface area contributed by atoms with E-state index in [0.717, 1.165) is 12.1 Å². The van der Waals surface area contributed by atoms with Crippen molar-refractivity contribution in [3.05, 3.63) is 0 Å². The molecule has 0 bridgehead atoms. The molecule has 2 amide bonds. The molecule has 4 nitrogen and oxygen atoms in total. The zero-order valence-corrected chi connectivity index (χ0v) is 6.04. The molecule has 0 aliphatic rings. The first-order valence-corrected chi connectivity index (χ1v) is 3.13. The van der Waals surface area contributed by atoms with Crippen molar-refractivity contribution in [2.45, 2.75) is 13.8 Å². The second-order valence-corrected chi connectivity index (χ2v) is 2.03. The Bertz CT molecular complexity index is 112. The van der Waals surface area contributed by atoms with Crippen molar-refractivity contribution in [2.24, 2.45) is 0 Å². The second-order valence-electron chi connectivity index (χ2n) is 1.42. The quantitative estimate of drug-likeness (QED) is 0.534. The summed E-state index contributed by atoms with van der Waals surface area (Å²) in [5, 5.41) is 0. The molecule has 0 fully saturated rings. The summed E-state index contributed by atoms with van der Waals surface area (Å²) < 4.78 is 4.65. The Morgan fingerprint density at radius 3 is 1.67 bits per heavy atom. The molecule has 0 radical (unpaired) electrons. The van der Waals surface area contributed by atoms with Gasteiger partial charge in [0.25, 0.3) is 0 Å². The van der Waals surface area contributed by atoms with Crippen molar-refractivity contribution >= 4 is 23.9 Å². The molecule has 0 heterocycles. The summed E-state index contributed by atoms with van der Waals surface area (Å²) in [7, 11) is 0. The van der Waals surface area contributed by atoms with Crippen molar-refractivity contribution in [2.75, 3.05) is 0 Å². The molecule has 52 valence electrons. The molecule has 5 heteroatoms. The fourth-order valence-corrected chi connectivity index (χ4v) is 0.508. The third kappa shape index (κ3) is 7.29. The predicted molar refractivity (Wildman–Crippen MR) is 35.2 cm³/mol. The number of hydrogen-bond donors (Lipinski definition) is 2. The van der Waals surface area contributed by atoms with Crippen LogP contribution in [0.15, 0.2) is 0 Å². The van der Waals surface area contributed by atoms with Crippen LogP contribution in [0.4, 0.5) is 0 Å². The number of amides is 2. The highest BCUT2D eigenvalue weighted by Gasteiger charge is 1.91. The largest absolute Gasteiger partial charge is 0.282 e. The summed E-state index contributed by atoms with van der Waals surface area (Å²) in [6.45, 7) is 2.74. The summed E-state index contributed by atoms with van der Waals surface area (Å²) in [5.74, 6) is -0.373. The lowest BCUT2D eigenvalue weighted by molar-refractivity contribution is -0.117. The van der Waals surface area contributed by atoms with E-state index in [9.17, 15) is 9.59 Å². The average Bonchev–Trinajstić information content (AvgIpc) is 1.63. The summed E-state index contributed by atoms with van der Waals surface area (Å²) >= 11 is 0.870. The second kappa shape index (κ2) is 4.20. The lowest BCUT2D eigenvalue weighted by atomic mass is 10.8. The van der Waals surface area contributed by atoms with Gasteiger partial charge in [0.15, 0.2) is 0 Å². The molecule has 0 unspecified atom stereocenters. The van der Waals surface area contributed by atoms with Gasteiger partial charge in [-0.1, -0.05) is 0 Å². The molecule has 0 saturated heterocycles. The van der Waals surface area contributed by atoms with Gasteiger partial charge in [0.1, 0.15) is 0 Å². The summed E-state index contributed by atoms with van der Waals surface area (Å²) in [5.41, 5.74) is 0. The molecule has 0 rings (SSSR count). The zero-order chi connectivity index (χ0) is 7.28. The van der Waals surface area contributed by atoms with Crippen molar-refractivity contribution in [1.82, 2.24) is 9.44 Å². The van der Waals surface area contributed by atoms with Gasteiger partial charge in [-0.3, -0.25) is 19.0 Å². The number of rotatable bonds is 2. The summed E-state index contributed by atoms with van der Waals surface area (Å²) in [4.78, 5) is 20.3. The maximum Gasteiger partial charge on any atom is 0.228 e. The van der Waals surface area contributed by atoms with Gasteiger partial charge in [0.2, 0.25) is 11.8 Å². The minimum Gasteiger partial charge on any atom is -0.282 e. The molecule has 0 aliphatic carbocycles. The Balaban J connectivity index is 3.10. The fourth-order valence-electron chi connectivity index (χ4n) is 0.169. The Morgan fingerprint density at radius 2 is 1.44 bits per heavy atom. The molecule has 0 aromatic rings. The van der Waals surface area contributed by atoms with Gasteiger partial charge >= 0.3 is 0 Å². The first kappa shape index (κ1) is 8.29. The molecule has 0 aromatic carbocycles. The van der Waals surface area contributed by atoms with E-state index < -0.39 is 0 Å². The first-order valence-electron chi connectivity index (χ1n) is 2.32. The smallest absolute Gasteiger partial charge is 0.228 e. The van der Waals surface area contributed by atoms with Crippen molar-refractivity contribution < 1.29 is 9.59 Å². The lowest BCUT2D eigenvalue weighted by Crippen LogP contribution is -2.20. The molecule has 0 atom stereocenters. The highest BCUT2D eigenvalue weighted by Crippen LogP contribution is 1.82. The topological polar surface area (TPSA) is 58.2 Å². The van der Waals surface area contributed by atoms with Crippen LogP contribution in [0.25, 0.3) is 0 Å². The molecule has 0 aliphatic heterocycles. The van der Waals surface area contributed by atoms with Gasteiger partial charge < -0.3 is 0 Å². The molecule has 0 saturated carbocycles. The summed E-state index contributed by atoms with van der Waals surface area (Å²) in [6, 6.07) is 0. The van der Waals surface area contributed by atoms with Crippen LogP contribution in [-0.4, -0.2) is 11.8 Å². The molecule has 9 heavy (non-hydrogen) atoms. The van der Waals surface area contributed by atoms with E-state index in [4.69, 9.17) is 0 Å². The maximum atomic E-state index is 10.1. The van der Waals surface area contributed by atoms with Crippen LogP contribution < -0.4 is 9.44 Å². The predicted octanol–water partition coefficient (Wildman–Crippen LogP) is -0.178. The minimum absolute atomic E-state index is 0.186. The van der Waals surface area contributed by atoms with E-state index in [1.54, 1.807) is 0 Å². The molecular formula is C4H8N2O2S. The monoisotopic (exact) mass is 148 g/mol. The Kier molecular flexibility index (Phi) is 3.87. The van der Waals surface area contributed by atoms with Gasteiger partial charge in [0.05, 0.1) is 12.1 Å². The van der Waals surface area contributed by atoms with Gasteiger partial charge in [-0.2, -0.15) is 0 Å². The fraction of sp³-hybridized carbons (Fsp3) is 0.500. The van der Waals surface area contributed by atoms with Crippen LogP contribution in [0.1, 0.15) is 13.8 Å². The van der Waals surface area contributed by atoms with Crippen LogP contribution in [0.5, 0.6) is 0 Å². The van der Waals surface area contributed by atoms with E-state index in [1.807, 2.05) is 0 Å². The Hall–Kier alpha value is -0.710. The van der Waals surface area contributed by atoms with Gasteiger partial charge in [-0.15, -0.1) is 0 Å². The van der Waals surface area contributed by atoms with Crippen LogP contribution in [0.3, 0.4) is 0 Å². The maximum absolute atomic E-state index is 10.1. The third-order valence-corrected chi connectivity index (χ3v) is 1.17. The third-order valence-electron chi connectivity index (χ3n) is 0.390. The van der Waals surface area contributed by atoms with Gasteiger partial charge in [-0.05, 0) is 0 Å². The normalized spacial score (nSPS) is 8.22. The van der Waals surface area contributed by atoms with Crippen molar-refractivity contribution in [3.8, 4) is 0 Å². The molecule has 2 N–H and O–H groups in total. The highest BCUT2D eigenvalue weighted by atomic mass is 32.2. The van der Waals surface area contributed by atoms with Crippen molar-refractivity contribution in [3.63, 3.8) is 0 Å². The minimum atomic E-state index is -0.186. The SMILES string of the molecule is CC(=O)NSNC(C)=O. The van der Waals surface area contributed by atoms with Gasteiger partial charge in [-0.25, -0.2) is 0 Å². The highest BCUT2D eigenvalue weighted by molar-refractivity contribution is 7.96. The van der Waals surface area contributed by atoms with Crippen LogP contribution in [0.2, 0.25) is 0 Å². The lowest BCUT2D eigenvalue weighted by Gasteiger charge is -1.97. The van der Waals surface area contributed by atoms with E-state index in [-0.39, 0.29) is 11.8 Å². The Labute approximate surface area is 57.7 Å². The van der Waals surface area contributed by atoms with E-state index in [1.165, 1.54) is 13.8 Å². The van der Waals surface area contributed by atoms with Crippen LogP contribution in [-0.2, 0) is 9.59 Å². The van der Waals surface area contributed by atoms with Crippen molar-refractivity contribution in [1.29, 1.82) is 0 Å². The standard InChI is InChI=1S/C4H8N2O2S/c1-3(7)5-9-6-4(2)8/h1-2H3,(H,5,7)(H,6,8). The van der Waals surface area contributed by atoms with Crippen LogP contribution in [0, 0.1) is 0 Å². The number of carbonyl (C=O) groups excluding carboxylic acids is 2.